The van der Waals surface area contributed by atoms with Gasteiger partial charge in [0, 0.05) is 63.0 Å². The van der Waals surface area contributed by atoms with Crippen LogP contribution in [-0.2, 0) is 22.2 Å². The lowest BCUT2D eigenvalue weighted by Gasteiger charge is -2.35. The third kappa shape index (κ3) is 5.26. The molecule has 0 aliphatic carbocycles. The molecule has 1 aromatic carbocycles. The number of rotatable bonds is 7. The van der Waals surface area contributed by atoms with Crippen LogP contribution in [0.5, 0.6) is 0 Å². The van der Waals surface area contributed by atoms with Crippen molar-refractivity contribution in [1.29, 1.82) is 0 Å². The molecule has 0 bridgehead atoms. The fourth-order valence-electron chi connectivity index (χ4n) is 3.74. The lowest BCUT2D eigenvalue weighted by molar-refractivity contribution is 0.260. The number of aliphatic imine (C=N–C) groups is 1. The first-order valence-corrected chi connectivity index (χ1v) is 12.1. The molecule has 3 heterocycles. The van der Waals surface area contributed by atoms with Gasteiger partial charge in [-0.15, -0.1) is 0 Å². The number of fused-ring (bicyclic) bond motifs is 1. The summed E-state index contributed by atoms with van der Waals surface area (Å²) in [6.07, 6.45) is 2.20. The van der Waals surface area contributed by atoms with Gasteiger partial charge in [0.05, 0.1) is 5.69 Å². The average molecular weight is 445 g/mol. The number of hydrogen-bond acceptors (Lipinski definition) is 5. The van der Waals surface area contributed by atoms with Gasteiger partial charge in [-0.25, -0.2) is 8.42 Å². The number of aromatic nitrogens is 2. The average Bonchev–Trinajstić information content (AvgIpc) is 3.42. The minimum Gasteiger partial charge on any atom is -0.364 e. The first-order valence-electron chi connectivity index (χ1n) is 10.5. The van der Waals surface area contributed by atoms with Crippen LogP contribution in [-0.4, -0.2) is 73.0 Å². The van der Waals surface area contributed by atoms with E-state index in [2.05, 4.69) is 38.6 Å². The number of hydrogen-bond donors (Lipinski definition) is 2. The third-order valence-electron chi connectivity index (χ3n) is 5.32. The normalized spacial score (nSPS) is 16.2. The Morgan fingerprint density at radius 2 is 2.03 bits per heavy atom. The highest BCUT2D eigenvalue weighted by atomic mass is 32.2. The topological polar surface area (TPSA) is 107 Å². The van der Waals surface area contributed by atoms with E-state index >= 15 is 0 Å². The molecule has 0 unspecified atom stereocenters. The highest BCUT2D eigenvalue weighted by molar-refractivity contribution is 7.88. The highest BCUT2D eigenvalue weighted by Gasteiger charge is 2.28. The Kier molecular flexibility index (Phi) is 6.57. The van der Waals surface area contributed by atoms with Crippen LogP contribution >= 0.6 is 0 Å². The van der Waals surface area contributed by atoms with Crippen molar-refractivity contribution in [2.45, 2.75) is 19.1 Å². The Bertz CT molecular complexity index is 1080. The van der Waals surface area contributed by atoms with Gasteiger partial charge < -0.3 is 19.7 Å². The number of para-hydroxylation sites is 1. The van der Waals surface area contributed by atoms with Crippen molar-refractivity contribution < 1.29 is 12.9 Å². The summed E-state index contributed by atoms with van der Waals surface area (Å²) in [4.78, 5) is 10.3. The summed E-state index contributed by atoms with van der Waals surface area (Å²) in [5.41, 5.74) is 2.72. The molecule has 2 N–H and O–H groups in total. The van der Waals surface area contributed by atoms with Crippen molar-refractivity contribution in [3.8, 4) is 0 Å². The molecule has 1 fully saturated rings. The molecule has 2 aromatic heterocycles. The van der Waals surface area contributed by atoms with Crippen LogP contribution in [0.15, 0.2) is 52.2 Å². The Morgan fingerprint density at radius 1 is 1.23 bits per heavy atom. The summed E-state index contributed by atoms with van der Waals surface area (Å²) in [6.45, 7) is 5.48. The number of piperazine rings is 1. The van der Waals surface area contributed by atoms with Crippen LogP contribution < -0.4 is 5.32 Å². The second-order valence-corrected chi connectivity index (χ2v) is 9.47. The minimum absolute atomic E-state index is 0.137. The van der Waals surface area contributed by atoms with Gasteiger partial charge in [0.15, 0.2) is 5.96 Å². The zero-order valence-electron chi connectivity index (χ0n) is 17.6. The van der Waals surface area contributed by atoms with Gasteiger partial charge in [-0.1, -0.05) is 23.4 Å². The van der Waals surface area contributed by atoms with Crippen LogP contribution in [0.3, 0.4) is 0 Å². The number of nitrogens with one attached hydrogen (secondary N) is 2. The van der Waals surface area contributed by atoms with Gasteiger partial charge >= 0.3 is 0 Å². The molecule has 3 aromatic rings. The molecule has 1 aliphatic rings. The first-order chi connectivity index (χ1) is 15.0. The molecular weight excluding hydrogens is 416 g/mol. The molecule has 9 nitrogen and oxygen atoms in total. The summed E-state index contributed by atoms with van der Waals surface area (Å²) in [5.74, 6) is 0.689. The highest BCUT2D eigenvalue weighted by Crippen LogP contribution is 2.15. The van der Waals surface area contributed by atoms with Crippen LogP contribution in [0.2, 0.25) is 0 Å². The molecule has 4 rings (SSSR count). The number of sulfonamides is 1. The summed E-state index contributed by atoms with van der Waals surface area (Å²) in [7, 11) is -3.41. The Hall–Kier alpha value is -2.85. The van der Waals surface area contributed by atoms with Crippen LogP contribution in [0.4, 0.5) is 0 Å². The monoisotopic (exact) mass is 444 g/mol. The molecule has 1 saturated heterocycles. The number of aromatic amines is 1. The van der Waals surface area contributed by atoms with Gasteiger partial charge in [-0.05, 0) is 24.4 Å². The fraction of sp³-hybridized carbons (Fsp3) is 0.429. The number of nitrogens with zero attached hydrogens (tertiary/aromatic N) is 4. The number of guanidine groups is 1. The van der Waals surface area contributed by atoms with Crippen LogP contribution in [0, 0.1) is 0 Å². The van der Waals surface area contributed by atoms with E-state index in [1.807, 2.05) is 19.1 Å². The van der Waals surface area contributed by atoms with E-state index in [0.29, 0.717) is 38.4 Å². The maximum atomic E-state index is 12.6. The molecule has 31 heavy (non-hydrogen) atoms. The Morgan fingerprint density at radius 3 is 2.74 bits per heavy atom. The van der Waals surface area contributed by atoms with Crippen molar-refractivity contribution in [2.24, 2.45) is 4.99 Å². The zero-order chi connectivity index (χ0) is 21.7. The molecule has 1 aliphatic heterocycles. The maximum absolute atomic E-state index is 12.6. The molecule has 0 atom stereocenters. The fourth-order valence-corrected chi connectivity index (χ4v) is 5.17. The molecule has 0 radical (unpaired) electrons. The SMILES string of the molecule is CCNC(=NCCc1cc2ccccc2[nH]1)N1CCN(S(=O)(=O)Cc2ccon2)CC1. The summed E-state index contributed by atoms with van der Waals surface area (Å²) < 4.78 is 31.5. The number of benzene rings is 1. The van der Waals surface area contributed by atoms with Gasteiger partial charge in [0.25, 0.3) is 0 Å². The summed E-state index contributed by atoms with van der Waals surface area (Å²) in [6, 6.07) is 12.0. The molecule has 0 saturated carbocycles. The van der Waals surface area contributed by atoms with Crippen molar-refractivity contribution in [3.05, 3.63) is 54.0 Å². The third-order valence-corrected chi connectivity index (χ3v) is 7.13. The predicted octanol–water partition coefficient (Wildman–Crippen LogP) is 1.81. The summed E-state index contributed by atoms with van der Waals surface area (Å²) in [5, 5.41) is 8.25. The van der Waals surface area contributed by atoms with Crippen LogP contribution in [0.1, 0.15) is 18.3 Å². The second-order valence-electron chi connectivity index (χ2n) is 7.50. The Balaban J connectivity index is 1.34. The van der Waals surface area contributed by atoms with E-state index < -0.39 is 10.0 Å². The van der Waals surface area contributed by atoms with Gasteiger partial charge in [0.1, 0.15) is 12.0 Å². The van der Waals surface area contributed by atoms with E-state index in [0.717, 1.165) is 30.1 Å². The van der Waals surface area contributed by atoms with Gasteiger partial charge in [0.2, 0.25) is 10.0 Å². The quantitative estimate of drug-likeness (QED) is 0.425. The van der Waals surface area contributed by atoms with Crippen molar-refractivity contribution >= 4 is 26.9 Å². The Labute approximate surface area is 182 Å². The van der Waals surface area contributed by atoms with E-state index in [-0.39, 0.29) is 5.75 Å². The van der Waals surface area contributed by atoms with Crippen LogP contribution in [0.25, 0.3) is 10.9 Å². The second kappa shape index (κ2) is 9.52. The largest absolute Gasteiger partial charge is 0.364 e. The summed E-state index contributed by atoms with van der Waals surface area (Å²) >= 11 is 0. The zero-order valence-corrected chi connectivity index (χ0v) is 18.4. The minimum atomic E-state index is -3.41. The standard InChI is InChI=1S/C21H28N6O3S/c1-2-22-21(23-9-7-18-15-17-5-3-4-6-20(17)24-18)26-10-12-27(13-11-26)31(28,29)16-19-8-14-30-25-19/h3-6,8,14-15,24H,2,7,9-13,16H2,1H3,(H,22,23). The van der Waals surface area contributed by atoms with E-state index in [1.54, 1.807) is 6.07 Å². The lowest BCUT2D eigenvalue weighted by atomic mass is 10.2. The molecule has 166 valence electrons. The number of H-pyrrole nitrogens is 1. The smallest absolute Gasteiger partial charge is 0.220 e. The van der Waals surface area contributed by atoms with Gasteiger partial charge in [-0.2, -0.15) is 4.31 Å². The molecule has 10 heteroatoms. The molecular formula is C21H28N6O3S. The lowest BCUT2D eigenvalue weighted by Crippen LogP contribution is -2.54. The van der Waals surface area contributed by atoms with Crippen molar-refractivity contribution in [2.75, 3.05) is 39.3 Å². The molecule has 0 amide bonds. The maximum Gasteiger partial charge on any atom is 0.220 e. The van der Waals surface area contributed by atoms with E-state index in [1.165, 1.54) is 16.0 Å². The van der Waals surface area contributed by atoms with Gasteiger partial charge in [-0.3, -0.25) is 4.99 Å². The molecule has 0 spiro atoms. The van der Waals surface area contributed by atoms with E-state index in [4.69, 9.17) is 9.52 Å². The van der Waals surface area contributed by atoms with Crippen molar-refractivity contribution in [1.82, 2.24) is 24.7 Å². The first kappa shape index (κ1) is 21.4. The predicted molar refractivity (Wildman–Crippen MR) is 120 cm³/mol. The van der Waals surface area contributed by atoms with E-state index in [9.17, 15) is 8.42 Å². The van der Waals surface area contributed by atoms with Crippen molar-refractivity contribution in [3.63, 3.8) is 0 Å².